The maximum absolute atomic E-state index is 13.3. The zero-order chi connectivity index (χ0) is 33.3. The van der Waals surface area contributed by atoms with Gasteiger partial charge in [0.15, 0.2) is 0 Å². The summed E-state index contributed by atoms with van der Waals surface area (Å²) in [6.45, 7) is 1.04. The van der Waals surface area contributed by atoms with Gasteiger partial charge in [0.05, 0.1) is 0 Å². The van der Waals surface area contributed by atoms with Crippen LogP contribution >= 0.6 is 0 Å². The number of hydrogen-bond acceptors (Lipinski definition) is 0. The van der Waals surface area contributed by atoms with Crippen molar-refractivity contribution in [3.8, 4) is 0 Å². The number of halogens is 8. The van der Waals surface area contributed by atoms with Gasteiger partial charge in [-0.2, -0.15) is 12.2 Å². The van der Waals surface area contributed by atoms with E-state index in [1.54, 1.807) is 24.8 Å². The van der Waals surface area contributed by atoms with E-state index < -0.39 is 57.7 Å². The fourth-order valence-electron chi connectivity index (χ4n) is 4.17. The van der Waals surface area contributed by atoms with Gasteiger partial charge in [-0.1, -0.05) is 11.1 Å². The van der Waals surface area contributed by atoms with E-state index in [-0.39, 0.29) is 34.6 Å². The molecule has 244 valence electrons. The molecule has 11 heteroatoms. The predicted molar refractivity (Wildman–Crippen MR) is 159 cm³/mol. The van der Waals surface area contributed by atoms with Crippen LogP contribution in [0.1, 0.15) is 36.8 Å². The van der Waals surface area contributed by atoms with E-state index in [0.717, 1.165) is 12.8 Å². The molecule has 2 aliphatic rings. The Balaban J connectivity index is 0.000000248. The molecule has 0 aliphatic heterocycles. The second-order valence-corrected chi connectivity index (χ2v) is 9.77. The number of aromatic nitrogens is 2. The van der Waals surface area contributed by atoms with Gasteiger partial charge >= 0.3 is 21.7 Å². The van der Waals surface area contributed by atoms with Gasteiger partial charge in [0.2, 0.25) is 0 Å². The molecule has 0 amide bonds. The number of rotatable bonds is 8. The number of hydrogen-bond donors (Lipinski definition) is 0. The standard InChI is InChI=1S/2C13H10F4N.2C5H5.Ti/c2*14-10-8-11(15)13(17)9(12(10)16)4-3-7-18-5-1-2-6-18;2*1-2-4-5-3-1;/h2*1-2,5-6H,3-4,7H2;2*1-3H,4H2;/q4*-1;+4. The molecule has 2 heterocycles. The molecular weight excluding hydrogens is 660 g/mol. The summed E-state index contributed by atoms with van der Waals surface area (Å²) in [5, 5.41) is 0. The molecule has 0 saturated heterocycles. The van der Waals surface area contributed by atoms with Crippen LogP contribution in [0.2, 0.25) is 0 Å². The third-order valence-electron chi connectivity index (χ3n) is 6.46. The minimum absolute atomic E-state index is 0. The van der Waals surface area contributed by atoms with Gasteiger partial charge in [-0.05, 0) is 49.9 Å². The third-order valence-corrected chi connectivity index (χ3v) is 6.46. The van der Waals surface area contributed by atoms with Crippen molar-refractivity contribution in [1.29, 1.82) is 0 Å². The van der Waals surface area contributed by atoms with Crippen LogP contribution < -0.4 is 0 Å². The van der Waals surface area contributed by atoms with Crippen LogP contribution in [0.15, 0.2) is 85.5 Å². The van der Waals surface area contributed by atoms with Gasteiger partial charge in [-0.15, -0.1) is 25.0 Å². The summed E-state index contributed by atoms with van der Waals surface area (Å²) in [7, 11) is 0. The molecule has 6 rings (SSSR count). The van der Waals surface area contributed by atoms with E-state index in [1.165, 1.54) is 12.1 Å². The maximum atomic E-state index is 13.3. The van der Waals surface area contributed by atoms with Crippen LogP contribution in [0.4, 0.5) is 35.1 Å². The largest absolute Gasteiger partial charge is 4.00 e. The first-order chi connectivity index (χ1) is 22.2. The zero-order valence-electron chi connectivity index (χ0n) is 25.2. The van der Waals surface area contributed by atoms with E-state index in [2.05, 4.69) is 24.3 Å². The van der Waals surface area contributed by atoms with Gasteiger partial charge in [-0.25, -0.2) is 41.9 Å². The average Bonchev–Trinajstić information content (AvgIpc) is 3.89. The summed E-state index contributed by atoms with van der Waals surface area (Å²) in [6, 6.07) is 9.99. The number of nitrogens with zero attached hydrogens (tertiary/aromatic N) is 2. The number of aryl methyl sites for hydroxylation is 2. The molecule has 0 unspecified atom stereocenters. The quantitative estimate of drug-likeness (QED) is 0.0755. The van der Waals surface area contributed by atoms with Crippen LogP contribution in [0.25, 0.3) is 0 Å². The third kappa shape index (κ3) is 13.0. The molecular formula is C36H30F8N2Ti. The topological polar surface area (TPSA) is 9.86 Å². The summed E-state index contributed by atoms with van der Waals surface area (Å²) in [6.07, 6.45) is 27.8. The SMILES string of the molecule is Fc1[c-]c(F)c(F)c(CCCn2cccc2)c1F.Fc1[c-]c(F)c(F)c(CCCn2cccc2)c1F.[C-]1=CC=CC1.[C-]1=CC=CC1.[Ti+4]. The Labute approximate surface area is 284 Å². The van der Waals surface area contributed by atoms with E-state index in [1.807, 2.05) is 57.7 Å². The molecule has 0 saturated carbocycles. The van der Waals surface area contributed by atoms with Crippen molar-refractivity contribution >= 4 is 0 Å². The summed E-state index contributed by atoms with van der Waals surface area (Å²) in [5.74, 6) is -11.4. The Kier molecular flexibility index (Phi) is 17.6. The molecule has 0 N–H and O–H groups in total. The molecule has 0 bridgehead atoms. The van der Waals surface area contributed by atoms with Crippen molar-refractivity contribution in [1.82, 2.24) is 9.13 Å². The molecule has 2 aliphatic carbocycles. The van der Waals surface area contributed by atoms with E-state index in [0.29, 0.717) is 25.9 Å². The summed E-state index contributed by atoms with van der Waals surface area (Å²) >= 11 is 0. The van der Waals surface area contributed by atoms with Crippen LogP contribution in [-0.2, 0) is 47.6 Å². The molecule has 47 heavy (non-hydrogen) atoms. The van der Waals surface area contributed by atoms with Gasteiger partial charge in [0.25, 0.3) is 0 Å². The second-order valence-electron chi connectivity index (χ2n) is 9.77. The van der Waals surface area contributed by atoms with E-state index in [9.17, 15) is 35.1 Å². The van der Waals surface area contributed by atoms with Crippen LogP contribution in [0, 0.1) is 70.8 Å². The Bertz CT molecular complexity index is 1430. The van der Waals surface area contributed by atoms with E-state index in [4.69, 9.17) is 0 Å². The minimum Gasteiger partial charge on any atom is -0.354 e. The van der Waals surface area contributed by atoms with Gasteiger partial charge < -0.3 is 9.13 Å². The molecule has 2 aromatic heterocycles. The Morgan fingerprint density at radius 3 is 1.06 bits per heavy atom. The van der Waals surface area contributed by atoms with Crippen LogP contribution in [-0.4, -0.2) is 9.13 Å². The molecule has 0 atom stereocenters. The van der Waals surface area contributed by atoms with E-state index >= 15 is 0 Å². The molecule has 2 nitrogen and oxygen atoms in total. The smallest absolute Gasteiger partial charge is 0.354 e. The molecule has 4 aromatic rings. The Hall–Kier alpha value is -3.89. The van der Waals surface area contributed by atoms with Crippen molar-refractivity contribution in [3.05, 3.63) is 167 Å². The second kappa shape index (κ2) is 21.1. The monoisotopic (exact) mass is 690 g/mol. The first-order valence-corrected chi connectivity index (χ1v) is 14.3. The Morgan fingerprint density at radius 2 is 0.830 bits per heavy atom. The average molecular weight is 691 g/mol. The van der Waals surface area contributed by atoms with Crippen LogP contribution in [0.5, 0.6) is 0 Å². The molecule has 0 radical (unpaired) electrons. The van der Waals surface area contributed by atoms with Crippen LogP contribution in [0.3, 0.4) is 0 Å². The number of benzene rings is 2. The maximum Gasteiger partial charge on any atom is 4.00 e. The Morgan fingerprint density at radius 1 is 0.511 bits per heavy atom. The van der Waals surface area contributed by atoms with Crippen molar-refractivity contribution in [2.24, 2.45) is 0 Å². The predicted octanol–water partition coefficient (Wildman–Crippen LogP) is 9.56. The van der Waals surface area contributed by atoms with Crippen molar-refractivity contribution in [2.45, 2.75) is 51.6 Å². The minimum atomic E-state index is -1.48. The molecule has 0 spiro atoms. The van der Waals surface area contributed by atoms with Crippen molar-refractivity contribution in [2.75, 3.05) is 0 Å². The first kappa shape index (κ1) is 39.3. The number of allylic oxidation sites excluding steroid dienone is 8. The van der Waals surface area contributed by atoms with Gasteiger partial charge in [-0.3, -0.25) is 29.7 Å². The fourth-order valence-corrected chi connectivity index (χ4v) is 4.17. The summed E-state index contributed by atoms with van der Waals surface area (Å²) in [4.78, 5) is 0. The van der Waals surface area contributed by atoms with Gasteiger partial charge in [0, 0.05) is 84.4 Å². The fraction of sp³-hybridized carbons (Fsp3) is 0.222. The first-order valence-electron chi connectivity index (χ1n) is 14.3. The molecule has 2 aromatic carbocycles. The summed E-state index contributed by atoms with van der Waals surface area (Å²) in [5.41, 5.74) is -1.12. The zero-order valence-corrected chi connectivity index (χ0v) is 26.7. The molecule has 0 fully saturated rings. The van der Waals surface area contributed by atoms with Crippen molar-refractivity contribution < 1.29 is 56.8 Å². The van der Waals surface area contributed by atoms with Gasteiger partial charge in [0.1, 0.15) is 0 Å². The van der Waals surface area contributed by atoms with Crippen molar-refractivity contribution in [3.63, 3.8) is 0 Å². The summed E-state index contributed by atoms with van der Waals surface area (Å²) < 4.78 is 108. The normalized spacial score (nSPS) is 12.1.